The van der Waals surface area contributed by atoms with Gasteiger partial charge in [0.1, 0.15) is 11.8 Å². The maximum atomic E-state index is 13.2. The Bertz CT molecular complexity index is 988. The first-order chi connectivity index (χ1) is 14.5. The fraction of sp³-hybridized carbons (Fsp3) is 0.273. The molecule has 8 nitrogen and oxygen atoms in total. The van der Waals surface area contributed by atoms with Gasteiger partial charge in [-0.15, -0.1) is 0 Å². The number of nitrogens with zero attached hydrogens (tertiary/aromatic N) is 2. The van der Waals surface area contributed by atoms with E-state index in [0.717, 1.165) is 5.56 Å². The van der Waals surface area contributed by atoms with E-state index in [1.54, 1.807) is 44.2 Å². The molecule has 0 saturated carbocycles. The van der Waals surface area contributed by atoms with Crippen LogP contribution in [0, 0.1) is 6.92 Å². The Morgan fingerprint density at radius 2 is 1.87 bits per heavy atom. The second-order valence-corrected chi connectivity index (χ2v) is 6.73. The van der Waals surface area contributed by atoms with Crippen LogP contribution in [0.5, 0.6) is 0 Å². The summed E-state index contributed by atoms with van der Waals surface area (Å²) in [4.78, 5) is 37.7. The molecule has 2 aromatic rings. The van der Waals surface area contributed by atoms with Gasteiger partial charge in [-0.25, -0.2) is 4.79 Å². The topological polar surface area (TPSA) is 100 Å². The van der Waals surface area contributed by atoms with E-state index in [9.17, 15) is 14.4 Å². The first kappa shape index (κ1) is 21.0. The largest absolute Gasteiger partial charge is 0.461 e. The maximum absolute atomic E-state index is 13.2. The number of para-hydroxylation sites is 1. The highest BCUT2D eigenvalue weighted by Crippen LogP contribution is 2.27. The number of amides is 2. The van der Waals surface area contributed by atoms with Crippen LogP contribution in [0.3, 0.4) is 0 Å². The average molecular weight is 408 g/mol. The van der Waals surface area contributed by atoms with Gasteiger partial charge in [0, 0.05) is 13.5 Å². The lowest BCUT2D eigenvalue weighted by molar-refractivity contribution is -0.135. The normalized spacial score (nSPS) is 15.4. The highest BCUT2D eigenvalue weighted by atomic mass is 16.5. The van der Waals surface area contributed by atoms with Gasteiger partial charge in [0.2, 0.25) is 5.91 Å². The minimum absolute atomic E-state index is 0.0979. The van der Waals surface area contributed by atoms with Gasteiger partial charge in [-0.1, -0.05) is 30.3 Å². The Hall–Kier alpha value is -3.68. The van der Waals surface area contributed by atoms with E-state index in [-0.39, 0.29) is 30.6 Å². The highest BCUT2D eigenvalue weighted by Gasteiger charge is 2.37. The van der Waals surface area contributed by atoms with Crippen molar-refractivity contribution in [2.75, 3.05) is 24.0 Å². The standard InChI is InChI=1S/C22H24N4O4/c1-4-30-22(29)17-13-18(26(25-17)15-10-6-5-7-11-15)20(27)24-16-12-8-9-14(2)19(16)21(28)23-3/h5-12,18H,4,13H2,1-3H3,(H,23,28)(H,24,27). The number of hydrogen-bond acceptors (Lipinski definition) is 6. The van der Waals surface area contributed by atoms with Crippen molar-refractivity contribution < 1.29 is 19.1 Å². The van der Waals surface area contributed by atoms with Crippen LogP contribution in [0.15, 0.2) is 53.6 Å². The molecule has 1 aliphatic rings. The Morgan fingerprint density at radius 3 is 2.53 bits per heavy atom. The molecule has 0 bridgehead atoms. The first-order valence-electron chi connectivity index (χ1n) is 9.67. The number of hydrogen-bond donors (Lipinski definition) is 2. The smallest absolute Gasteiger partial charge is 0.354 e. The van der Waals surface area contributed by atoms with Crippen molar-refractivity contribution in [3.8, 4) is 0 Å². The summed E-state index contributed by atoms with van der Waals surface area (Å²) in [5.74, 6) is -1.22. The van der Waals surface area contributed by atoms with Crippen LogP contribution in [-0.4, -0.2) is 43.2 Å². The molecule has 2 N–H and O–H groups in total. The van der Waals surface area contributed by atoms with Gasteiger partial charge in [0.15, 0.2) is 0 Å². The minimum Gasteiger partial charge on any atom is -0.461 e. The lowest BCUT2D eigenvalue weighted by Gasteiger charge is -2.23. The van der Waals surface area contributed by atoms with Crippen molar-refractivity contribution in [1.29, 1.82) is 0 Å². The molecular weight excluding hydrogens is 384 g/mol. The molecule has 1 aliphatic heterocycles. The Kier molecular flexibility index (Phi) is 6.46. The molecule has 30 heavy (non-hydrogen) atoms. The highest BCUT2D eigenvalue weighted by molar-refractivity contribution is 6.38. The van der Waals surface area contributed by atoms with Crippen molar-refractivity contribution >= 4 is 34.9 Å². The number of anilines is 2. The number of benzene rings is 2. The molecule has 0 aliphatic carbocycles. The first-order valence-corrected chi connectivity index (χ1v) is 9.67. The zero-order chi connectivity index (χ0) is 21.7. The molecule has 2 amide bonds. The number of esters is 1. The van der Waals surface area contributed by atoms with Gasteiger partial charge in [-0.2, -0.15) is 5.10 Å². The third-order valence-corrected chi connectivity index (χ3v) is 4.73. The summed E-state index contributed by atoms with van der Waals surface area (Å²) < 4.78 is 5.06. The van der Waals surface area contributed by atoms with Crippen LogP contribution < -0.4 is 15.6 Å². The molecule has 1 heterocycles. The van der Waals surface area contributed by atoms with E-state index < -0.39 is 12.0 Å². The van der Waals surface area contributed by atoms with Crippen molar-refractivity contribution in [2.24, 2.45) is 5.10 Å². The third kappa shape index (κ3) is 4.32. The number of ether oxygens (including phenoxy) is 1. The molecule has 2 aromatic carbocycles. The molecule has 8 heteroatoms. The molecule has 0 fully saturated rings. The fourth-order valence-corrected chi connectivity index (χ4v) is 3.29. The van der Waals surface area contributed by atoms with E-state index in [2.05, 4.69) is 15.7 Å². The van der Waals surface area contributed by atoms with Crippen LogP contribution >= 0.6 is 0 Å². The summed E-state index contributed by atoms with van der Waals surface area (Å²) in [5.41, 5.74) is 2.38. The van der Waals surface area contributed by atoms with E-state index >= 15 is 0 Å². The van der Waals surface area contributed by atoms with Gasteiger partial charge in [0.25, 0.3) is 5.91 Å². The summed E-state index contributed by atoms with van der Waals surface area (Å²) >= 11 is 0. The monoisotopic (exact) mass is 408 g/mol. The van der Waals surface area contributed by atoms with Gasteiger partial charge >= 0.3 is 5.97 Å². The molecule has 0 aromatic heterocycles. The summed E-state index contributed by atoms with van der Waals surface area (Å²) in [7, 11) is 1.54. The third-order valence-electron chi connectivity index (χ3n) is 4.73. The molecule has 156 valence electrons. The van der Waals surface area contributed by atoms with E-state index in [0.29, 0.717) is 16.9 Å². The molecule has 1 atom stereocenters. The number of carbonyl (C=O) groups is 3. The van der Waals surface area contributed by atoms with Crippen LogP contribution in [0.4, 0.5) is 11.4 Å². The fourth-order valence-electron chi connectivity index (χ4n) is 3.29. The van der Waals surface area contributed by atoms with E-state index in [1.807, 2.05) is 18.2 Å². The number of hydrazone groups is 1. The molecule has 1 unspecified atom stereocenters. The number of nitrogens with one attached hydrogen (secondary N) is 2. The van der Waals surface area contributed by atoms with Crippen LogP contribution in [0.1, 0.15) is 29.3 Å². The molecule has 3 rings (SSSR count). The predicted molar refractivity (Wildman–Crippen MR) is 115 cm³/mol. The van der Waals surface area contributed by atoms with Crippen LogP contribution in [0.2, 0.25) is 0 Å². The number of rotatable bonds is 6. The second kappa shape index (κ2) is 9.21. The average Bonchev–Trinajstić information content (AvgIpc) is 3.20. The molecule has 0 spiro atoms. The quantitative estimate of drug-likeness (QED) is 0.716. The summed E-state index contributed by atoms with van der Waals surface area (Å²) in [6.07, 6.45) is 0.0979. The van der Waals surface area contributed by atoms with Gasteiger partial charge in [0.05, 0.1) is 23.5 Å². The SMILES string of the molecule is CCOC(=O)C1=NN(c2ccccc2)C(C(=O)Nc2cccc(C)c2C(=O)NC)C1. The Labute approximate surface area is 174 Å². The molecule has 0 saturated heterocycles. The summed E-state index contributed by atoms with van der Waals surface area (Å²) in [6, 6.07) is 13.6. The lowest BCUT2D eigenvalue weighted by atomic mass is 10.0. The van der Waals surface area contributed by atoms with Crippen LogP contribution in [0.25, 0.3) is 0 Å². The van der Waals surface area contributed by atoms with Gasteiger partial charge in [-0.3, -0.25) is 14.6 Å². The Morgan fingerprint density at radius 1 is 1.13 bits per heavy atom. The maximum Gasteiger partial charge on any atom is 0.354 e. The predicted octanol–water partition coefficient (Wildman–Crippen LogP) is 2.49. The summed E-state index contributed by atoms with van der Waals surface area (Å²) in [6.45, 7) is 3.73. The van der Waals surface area contributed by atoms with Gasteiger partial charge in [-0.05, 0) is 37.6 Å². The van der Waals surface area contributed by atoms with Gasteiger partial charge < -0.3 is 15.4 Å². The van der Waals surface area contributed by atoms with E-state index in [4.69, 9.17) is 4.74 Å². The van der Waals surface area contributed by atoms with E-state index in [1.165, 1.54) is 12.1 Å². The van der Waals surface area contributed by atoms with Crippen molar-refractivity contribution in [1.82, 2.24) is 5.32 Å². The minimum atomic E-state index is -0.759. The Balaban J connectivity index is 1.90. The van der Waals surface area contributed by atoms with Crippen molar-refractivity contribution in [2.45, 2.75) is 26.3 Å². The lowest BCUT2D eigenvalue weighted by Crippen LogP contribution is -2.39. The number of aryl methyl sites for hydroxylation is 1. The molecular formula is C22H24N4O4. The second-order valence-electron chi connectivity index (χ2n) is 6.73. The zero-order valence-electron chi connectivity index (χ0n) is 17.1. The molecule has 0 radical (unpaired) electrons. The van der Waals surface area contributed by atoms with Crippen LogP contribution in [-0.2, 0) is 14.3 Å². The summed E-state index contributed by atoms with van der Waals surface area (Å²) in [5, 5.41) is 11.3. The van der Waals surface area contributed by atoms with Crippen molar-refractivity contribution in [3.05, 3.63) is 59.7 Å². The zero-order valence-corrected chi connectivity index (χ0v) is 17.1. The number of carbonyl (C=O) groups excluding carboxylic acids is 3. The van der Waals surface area contributed by atoms with Crippen molar-refractivity contribution in [3.63, 3.8) is 0 Å².